The SMILES string of the molecule is CCN(CCNC(=O)C1CCCNC1)C1CC1. The minimum absolute atomic E-state index is 0.194. The normalized spacial score (nSPS) is 24.9. The molecule has 1 atom stereocenters. The molecule has 98 valence electrons. The van der Waals surface area contributed by atoms with Crippen LogP contribution >= 0.6 is 0 Å². The van der Waals surface area contributed by atoms with Crippen molar-refractivity contribution in [3.05, 3.63) is 0 Å². The fourth-order valence-corrected chi connectivity index (χ4v) is 2.58. The quantitative estimate of drug-likeness (QED) is 0.713. The van der Waals surface area contributed by atoms with Gasteiger partial charge in [0, 0.05) is 25.7 Å². The van der Waals surface area contributed by atoms with Gasteiger partial charge in [-0.1, -0.05) is 6.92 Å². The number of likely N-dealkylation sites (N-methyl/N-ethyl adjacent to an activating group) is 1. The van der Waals surface area contributed by atoms with E-state index in [2.05, 4.69) is 22.5 Å². The first kappa shape index (κ1) is 12.8. The van der Waals surface area contributed by atoms with Crippen molar-refractivity contribution in [2.24, 2.45) is 5.92 Å². The van der Waals surface area contributed by atoms with Crippen LogP contribution in [-0.2, 0) is 4.79 Å². The van der Waals surface area contributed by atoms with Crippen molar-refractivity contribution in [3.8, 4) is 0 Å². The molecule has 1 amide bonds. The lowest BCUT2D eigenvalue weighted by molar-refractivity contribution is -0.125. The lowest BCUT2D eigenvalue weighted by Crippen LogP contribution is -2.43. The first-order chi connectivity index (χ1) is 8.31. The maximum atomic E-state index is 11.9. The van der Waals surface area contributed by atoms with E-state index in [0.29, 0.717) is 0 Å². The molecule has 2 aliphatic rings. The molecule has 1 aliphatic carbocycles. The number of hydrogen-bond donors (Lipinski definition) is 2. The van der Waals surface area contributed by atoms with Gasteiger partial charge in [-0.2, -0.15) is 0 Å². The van der Waals surface area contributed by atoms with Gasteiger partial charge in [0.2, 0.25) is 5.91 Å². The van der Waals surface area contributed by atoms with Crippen molar-refractivity contribution in [1.82, 2.24) is 15.5 Å². The molecular weight excluding hydrogens is 214 g/mol. The third kappa shape index (κ3) is 3.96. The van der Waals surface area contributed by atoms with Crippen LogP contribution in [0.5, 0.6) is 0 Å². The van der Waals surface area contributed by atoms with Crippen LogP contribution in [0.25, 0.3) is 0 Å². The van der Waals surface area contributed by atoms with Gasteiger partial charge in [-0.15, -0.1) is 0 Å². The smallest absolute Gasteiger partial charge is 0.224 e. The van der Waals surface area contributed by atoms with Gasteiger partial charge in [-0.05, 0) is 38.8 Å². The molecule has 0 spiro atoms. The van der Waals surface area contributed by atoms with E-state index >= 15 is 0 Å². The topological polar surface area (TPSA) is 44.4 Å². The Balaban J connectivity index is 1.61. The summed E-state index contributed by atoms with van der Waals surface area (Å²) in [6, 6.07) is 0.799. The molecule has 2 fully saturated rings. The number of carbonyl (C=O) groups is 1. The number of amides is 1. The van der Waals surface area contributed by atoms with Gasteiger partial charge in [0.1, 0.15) is 0 Å². The van der Waals surface area contributed by atoms with Gasteiger partial charge in [-0.25, -0.2) is 0 Å². The van der Waals surface area contributed by atoms with E-state index in [1.54, 1.807) is 0 Å². The second-order valence-corrected chi connectivity index (χ2v) is 5.19. The summed E-state index contributed by atoms with van der Waals surface area (Å²) in [5.74, 6) is 0.434. The Morgan fingerprint density at radius 3 is 2.82 bits per heavy atom. The summed E-state index contributed by atoms with van der Waals surface area (Å²) in [6.45, 7) is 7.03. The van der Waals surface area contributed by atoms with Crippen molar-refractivity contribution in [2.75, 3.05) is 32.7 Å². The summed E-state index contributed by atoms with van der Waals surface area (Å²) in [4.78, 5) is 14.4. The summed E-state index contributed by atoms with van der Waals surface area (Å²) in [5.41, 5.74) is 0. The summed E-state index contributed by atoms with van der Waals surface area (Å²) >= 11 is 0. The summed E-state index contributed by atoms with van der Waals surface area (Å²) < 4.78 is 0. The molecular formula is C13H25N3O. The molecule has 1 heterocycles. The third-order valence-corrected chi connectivity index (χ3v) is 3.84. The standard InChI is InChI=1S/C13H25N3O/c1-2-16(12-5-6-12)9-8-15-13(17)11-4-3-7-14-10-11/h11-12,14H,2-10H2,1H3,(H,15,17). The molecule has 4 nitrogen and oxygen atoms in total. The lowest BCUT2D eigenvalue weighted by atomic mass is 9.99. The Bertz CT molecular complexity index is 247. The second-order valence-electron chi connectivity index (χ2n) is 5.19. The van der Waals surface area contributed by atoms with E-state index in [4.69, 9.17) is 0 Å². The minimum Gasteiger partial charge on any atom is -0.355 e. The molecule has 1 saturated heterocycles. The van der Waals surface area contributed by atoms with Crippen molar-refractivity contribution in [1.29, 1.82) is 0 Å². The summed E-state index contributed by atoms with van der Waals surface area (Å²) in [7, 11) is 0. The molecule has 0 aromatic carbocycles. The zero-order valence-electron chi connectivity index (χ0n) is 10.9. The third-order valence-electron chi connectivity index (χ3n) is 3.84. The van der Waals surface area contributed by atoms with E-state index in [0.717, 1.165) is 51.6 Å². The molecule has 1 unspecified atom stereocenters. The highest BCUT2D eigenvalue weighted by Crippen LogP contribution is 2.25. The molecule has 0 aromatic rings. The van der Waals surface area contributed by atoms with Gasteiger partial charge in [0.15, 0.2) is 0 Å². The zero-order chi connectivity index (χ0) is 12.1. The monoisotopic (exact) mass is 239 g/mol. The summed E-state index contributed by atoms with van der Waals surface area (Å²) in [6.07, 6.45) is 4.85. The van der Waals surface area contributed by atoms with Crippen LogP contribution in [0.1, 0.15) is 32.6 Å². The maximum absolute atomic E-state index is 11.9. The Kier molecular flexibility index (Phi) is 4.80. The van der Waals surface area contributed by atoms with Gasteiger partial charge in [0.05, 0.1) is 5.92 Å². The van der Waals surface area contributed by atoms with Crippen LogP contribution in [0.4, 0.5) is 0 Å². The number of carbonyl (C=O) groups excluding carboxylic acids is 1. The fourth-order valence-electron chi connectivity index (χ4n) is 2.58. The number of rotatable bonds is 6. The first-order valence-corrected chi connectivity index (χ1v) is 7.03. The van der Waals surface area contributed by atoms with Crippen LogP contribution < -0.4 is 10.6 Å². The molecule has 2 rings (SSSR count). The highest BCUT2D eigenvalue weighted by molar-refractivity contribution is 5.78. The number of hydrogen-bond acceptors (Lipinski definition) is 3. The summed E-state index contributed by atoms with van der Waals surface area (Å²) in [5, 5.41) is 6.36. The van der Waals surface area contributed by atoms with Crippen molar-refractivity contribution < 1.29 is 4.79 Å². The van der Waals surface area contributed by atoms with Gasteiger partial charge >= 0.3 is 0 Å². The predicted molar refractivity (Wildman–Crippen MR) is 68.9 cm³/mol. The molecule has 2 N–H and O–H groups in total. The Labute approximate surface area is 104 Å². The average Bonchev–Trinajstić information content (AvgIpc) is 3.20. The first-order valence-electron chi connectivity index (χ1n) is 7.03. The molecule has 1 aliphatic heterocycles. The highest BCUT2D eigenvalue weighted by atomic mass is 16.1. The molecule has 4 heteroatoms. The van der Waals surface area contributed by atoms with Gasteiger partial charge < -0.3 is 10.6 Å². The molecule has 1 saturated carbocycles. The second kappa shape index (κ2) is 6.36. The number of nitrogens with one attached hydrogen (secondary N) is 2. The molecule has 0 radical (unpaired) electrons. The van der Waals surface area contributed by atoms with Crippen molar-refractivity contribution >= 4 is 5.91 Å². The lowest BCUT2D eigenvalue weighted by Gasteiger charge is -2.23. The van der Waals surface area contributed by atoms with Crippen LogP contribution in [0, 0.1) is 5.92 Å². The van der Waals surface area contributed by atoms with E-state index in [1.165, 1.54) is 12.8 Å². The van der Waals surface area contributed by atoms with Crippen LogP contribution in [0.3, 0.4) is 0 Å². The largest absolute Gasteiger partial charge is 0.355 e. The minimum atomic E-state index is 0.194. The Morgan fingerprint density at radius 1 is 1.41 bits per heavy atom. The van der Waals surface area contributed by atoms with Crippen LogP contribution in [0.2, 0.25) is 0 Å². The van der Waals surface area contributed by atoms with Crippen LogP contribution in [-0.4, -0.2) is 49.6 Å². The zero-order valence-corrected chi connectivity index (χ0v) is 10.9. The molecule has 17 heavy (non-hydrogen) atoms. The maximum Gasteiger partial charge on any atom is 0.224 e. The fraction of sp³-hybridized carbons (Fsp3) is 0.923. The average molecular weight is 239 g/mol. The number of nitrogens with zero attached hydrogens (tertiary/aromatic N) is 1. The van der Waals surface area contributed by atoms with E-state index in [9.17, 15) is 4.79 Å². The van der Waals surface area contributed by atoms with E-state index in [1.807, 2.05) is 0 Å². The van der Waals surface area contributed by atoms with Gasteiger partial charge in [0.25, 0.3) is 0 Å². The van der Waals surface area contributed by atoms with E-state index < -0.39 is 0 Å². The molecule has 0 aromatic heterocycles. The Morgan fingerprint density at radius 2 is 2.24 bits per heavy atom. The predicted octanol–water partition coefficient (Wildman–Crippen LogP) is 0.587. The highest BCUT2D eigenvalue weighted by Gasteiger charge is 2.27. The van der Waals surface area contributed by atoms with Crippen LogP contribution in [0.15, 0.2) is 0 Å². The van der Waals surface area contributed by atoms with Crippen molar-refractivity contribution in [2.45, 2.75) is 38.6 Å². The van der Waals surface area contributed by atoms with E-state index in [-0.39, 0.29) is 11.8 Å². The van der Waals surface area contributed by atoms with Gasteiger partial charge in [-0.3, -0.25) is 9.69 Å². The Hall–Kier alpha value is -0.610. The number of piperidine rings is 1. The van der Waals surface area contributed by atoms with Crippen molar-refractivity contribution in [3.63, 3.8) is 0 Å². The molecule has 0 bridgehead atoms.